The fourth-order valence-electron chi connectivity index (χ4n) is 1.55. The molecule has 0 rings (SSSR count). The molecular weight excluding hydrogens is 224 g/mol. The van der Waals surface area contributed by atoms with Crippen LogP contribution in [0.25, 0.3) is 0 Å². The normalized spacial score (nSPS) is 11.8. The summed E-state index contributed by atoms with van der Waals surface area (Å²) in [4.78, 5) is 0. The molecule has 0 atom stereocenters. The Labute approximate surface area is 111 Å². The zero-order chi connectivity index (χ0) is 13.5. The zero-order valence-corrected chi connectivity index (χ0v) is 11.4. The third-order valence-electron chi connectivity index (χ3n) is 2.55. The molecule has 0 aliphatic carbocycles. The van der Waals surface area contributed by atoms with Gasteiger partial charge in [-0.25, -0.2) is 0 Å². The van der Waals surface area contributed by atoms with E-state index in [2.05, 4.69) is 13.0 Å². The summed E-state index contributed by atoms with van der Waals surface area (Å²) in [5.41, 5.74) is 0. The number of aliphatic hydroxyl groups excluding tert-OH is 1. The summed E-state index contributed by atoms with van der Waals surface area (Å²) >= 11 is 0. The molecule has 0 amide bonds. The molecule has 0 aromatic rings. The van der Waals surface area contributed by atoms with Crippen LogP contribution in [0.15, 0.2) is 48.5 Å². The number of aliphatic hydroxyl groups is 2. The maximum Gasteiger partial charge on any atom is 0.274 e. The van der Waals surface area contributed by atoms with Crippen molar-refractivity contribution in [3.63, 3.8) is 0 Å². The molecule has 0 saturated carbocycles. The third kappa shape index (κ3) is 14.6. The molecule has 0 aromatic heterocycles. The SMILES string of the molecule is CCCCCCCCC=CC=CC=CC=C(O)O. The van der Waals surface area contributed by atoms with Crippen LogP contribution < -0.4 is 0 Å². The Hall–Kier alpha value is -1.44. The van der Waals surface area contributed by atoms with Gasteiger partial charge in [-0.2, -0.15) is 0 Å². The third-order valence-corrected chi connectivity index (χ3v) is 2.55. The van der Waals surface area contributed by atoms with Gasteiger partial charge in [0, 0.05) is 6.08 Å². The summed E-state index contributed by atoms with van der Waals surface area (Å²) in [7, 11) is 0. The molecule has 0 spiro atoms. The fraction of sp³-hybridized carbons (Fsp3) is 0.500. The molecule has 18 heavy (non-hydrogen) atoms. The summed E-state index contributed by atoms with van der Waals surface area (Å²) in [6.45, 7) is 2.24. The lowest BCUT2D eigenvalue weighted by molar-refractivity contribution is 0.191. The molecule has 2 N–H and O–H groups in total. The van der Waals surface area contributed by atoms with E-state index in [1.165, 1.54) is 44.6 Å². The lowest BCUT2D eigenvalue weighted by Crippen LogP contribution is -1.77. The average Bonchev–Trinajstić information content (AvgIpc) is 2.34. The van der Waals surface area contributed by atoms with Crippen LogP contribution in [0.3, 0.4) is 0 Å². The first-order chi connectivity index (χ1) is 8.77. The predicted octanol–water partition coefficient (Wildman–Crippen LogP) is 5.36. The van der Waals surface area contributed by atoms with E-state index in [1.54, 1.807) is 12.2 Å². The molecule has 0 heterocycles. The first-order valence-corrected chi connectivity index (χ1v) is 6.85. The molecule has 2 nitrogen and oxygen atoms in total. The van der Waals surface area contributed by atoms with Crippen molar-refractivity contribution < 1.29 is 10.2 Å². The summed E-state index contributed by atoms with van der Waals surface area (Å²) in [6, 6.07) is 0. The Bertz CT molecular complexity index is 281. The number of hydrogen-bond donors (Lipinski definition) is 2. The van der Waals surface area contributed by atoms with Gasteiger partial charge in [0.05, 0.1) is 0 Å². The summed E-state index contributed by atoms with van der Waals surface area (Å²) in [5, 5.41) is 16.9. The molecular formula is C16H26O2. The minimum Gasteiger partial charge on any atom is -0.481 e. The number of allylic oxidation sites excluding steroid dienone is 7. The van der Waals surface area contributed by atoms with Gasteiger partial charge in [-0.3, -0.25) is 0 Å². The Morgan fingerprint density at radius 2 is 1.39 bits per heavy atom. The molecule has 0 radical (unpaired) electrons. The van der Waals surface area contributed by atoms with E-state index < -0.39 is 5.95 Å². The Kier molecular flexibility index (Phi) is 12.5. The standard InChI is InChI=1S/C16H26O2/c1-2-3-4-5-6-7-8-9-10-11-12-13-14-15-16(17)18/h9-15,17-18H,2-8H2,1H3. The van der Waals surface area contributed by atoms with Crippen LogP contribution in [-0.2, 0) is 0 Å². The van der Waals surface area contributed by atoms with Gasteiger partial charge in [0.15, 0.2) is 0 Å². The quantitative estimate of drug-likeness (QED) is 0.311. The van der Waals surface area contributed by atoms with Crippen LogP contribution >= 0.6 is 0 Å². The first kappa shape index (κ1) is 16.6. The molecule has 0 aliphatic heterocycles. The molecule has 2 heteroatoms. The van der Waals surface area contributed by atoms with Gasteiger partial charge >= 0.3 is 0 Å². The highest BCUT2D eigenvalue weighted by Gasteiger charge is 1.87. The Morgan fingerprint density at radius 1 is 0.778 bits per heavy atom. The van der Waals surface area contributed by atoms with E-state index in [9.17, 15) is 0 Å². The van der Waals surface area contributed by atoms with Crippen LogP contribution in [0, 0.1) is 0 Å². The Morgan fingerprint density at radius 3 is 2.11 bits per heavy atom. The lowest BCUT2D eigenvalue weighted by Gasteiger charge is -1.97. The summed E-state index contributed by atoms with van der Waals surface area (Å²) < 4.78 is 0. The second-order valence-electron chi connectivity index (χ2n) is 4.28. The van der Waals surface area contributed by atoms with E-state index in [-0.39, 0.29) is 0 Å². The maximum absolute atomic E-state index is 8.46. The van der Waals surface area contributed by atoms with E-state index in [1.807, 2.05) is 18.2 Å². The predicted molar refractivity (Wildman–Crippen MR) is 78.8 cm³/mol. The Balaban J connectivity index is 3.40. The van der Waals surface area contributed by atoms with Crippen molar-refractivity contribution in [3.05, 3.63) is 48.5 Å². The molecule has 0 saturated heterocycles. The number of hydrogen-bond acceptors (Lipinski definition) is 2. The van der Waals surface area contributed by atoms with Crippen molar-refractivity contribution in [1.29, 1.82) is 0 Å². The van der Waals surface area contributed by atoms with Crippen LogP contribution in [0.4, 0.5) is 0 Å². The molecule has 0 aliphatic rings. The smallest absolute Gasteiger partial charge is 0.274 e. The van der Waals surface area contributed by atoms with Crippen molar-refractivity contribution in [2.45, 2.75) is 51.9 Å². The number of unbranched alkanes of at least 4 members (excludes halogenated alkanes) is 6. The summed E-state index contributed by atoms with van der Waals surface area (Å²) in [6.07, 6.45) is 21.7. The fourth-order valence-corrected chi connectivity index (χ4v) is 1.55. The highest BCUT2D eigenvalue weighted by molar-refractivity contribution is 5.15. The average molecular weight is 250 g/mol. The van der Waals surface area contributed by atoms with Gasteiger partial charge < -0.3 is 10.2 Å². The van der Waals surface area contributed by atoms with Crippen molar-refractivity contribution in [1.82, 2.24) is 0 Å². The van der Waals surface area contributed by atoms with Gasteiger partial charge in [0.25, 0.3) is 5.95 Å². The number of rotatable bonds is 10. The van der Waals surface area contributed by atoms with E-state index in [4.69, 9.17) is 10.2 Å². The zero-order valence-electron chi connectivity index (χ0n) is 11.4. The molecule has 0 fully saturated rings. The van der Waals surface area contributed by atoms with Crippen LogP contribution in [0.5, 0.6) is 0 Å². The minimum absolute atomic E-state index is 0.668. The van der Waals surface area contributed by atoms with Gasteiger partial charge in [-0.1, -0.05) is 75.5 Å². The van der Waals surface area contributed by atoms with E-state index in [0.29, 0.717) is 0 Å². The van der Waals surface area contributed by atoms with Crippen LogP contribution in [-0.4, -0.2) is 10.2 Å². The van der Waals surface area contributed by atoms with Crippen molar-refractivity contribution >= 4 is 0 Å². The van der Waals surface area contributed by atoms with Crippen LogP contribution in [0.2, 0.25) is 0 Å². The second-order valence-corrected chi connectivity index (χ2v) is 4.28. The topological polar surface area (TPSA) is 40.5 Å². The second kappa shape index (κ2) is 13.6. The minimum atomic E-state index is -0.668. The van der Waals surface area contributed by atoms with Crippen molar-refractivity contribution in [2.24, 2.45) is 0 Å². The molecule has 0 bridgehead atoms. The lowest BCUT2D eigenvalue weighted by atomic mass is 10.1. The largest absolute Gasteiger partial charge is 0.481 e. The maximum atomic E-state index is 8.46. The highest BCUT2D eigenvalue weighted by Crippen LogP contribution is 2.07. The van der Waals surface area contributed by atoms with Crippen LogP contribution in [0.1, 0.15) is 51.9 Å². The van der Waals surface area contributed by atoms with Gasteiger partial charge in [-0.05, 0) is 12.8 Å². The van der Waals surface area contributed by atoms with E-state index >= 15 is 0 Å². The summed E-state index contributed by atoms with van der Waals surface area (Å²) in [5.74, 6) is -0.668. The molecule has 0 aromatic carbocycles. The van der Waals surface area contributed by atoms with Gasteiger partial charge in [0.1, 0.15) is 0 Å². The molecule has 0 unspecified atom stereocenters. The highest BCUT2D eigenvalue weighted by atomic mass is 16.5. The van der Waals surface area contributed by atoms with Crippen molar-refractivity contribution in [2.75, 3.05) is 0 Å². The van der Waals surface area contributed by atoms with Gasteiger partial charge in [0.2, 0.25) is 0 Å². The van der Waals surface area contributed by atoms with Gasteiger partial charge in [-0.15, -0.1) is 0 Å². The van der Waals surface area contributed by atoms with Crippen molar-refractivity contribution in [3.8, 4) is 0 Å². The monoisotopic (exact) mass is 250 g/mol. The van der Waals surface area contributed by atoms with E-state index in [0.717, 1.165) is 6.42 Å². The molecule has 102 valence electrons. The first-order valence-electron chi connectivity index (χ1n) is 6.85.